The fourth-order valence-electron chi connectivity index (χ4n) is 5.41. The Labute approximate surface area is 180 Å². The number of alkyl halides is 3. The Morgan fingerprint density at radius 1 is 1.34 bits per heavy atom. The predicted octanol–water partition coefficient (Wildman–Crippen LogP) is 1.46. The number of fused-ring (bicyclic) bond motifs is 1. The number of carbonyl (C=O) groups is 1. The zero-order chi connectivity index (χ0) is 23.1. The number of carbonyl (C=O) groups excluding carboxylic acids is 1. The van der Waals surface area contributed by atoms with Gasteiger partial charge in [0.25, 0.3) is 0 Å². The van der Waals surface area contributed by atoms with Crippen molar-refractivity contribution in [1.82, 2.24) is 14.6 Å². The topological polar surface area (TPSA) is 132 Å². The minimum atomic E-state index is -4.28. The van der Waals surface area contributed by atoms with E-state index in [4.69, 9.17) is 15.2 Å². The zero-order valence-corrected chi connectivity index (χ0v) is 17.2. The maximum atomic E-state index is 12.9. The summed E-state index contributed by atoms with van der Waals surface area (Å²) in [6.07, 6.45) is -7.22. The van der Waals surface area contributed by atoms with Gasteiger partial charge in [-0.15, -0.1) is 0 Å². The molecule has 1 saturated heterocycles. The summed E-state index contributed by atoms with van der Waals surface area (Å²) in [7, 11) is 0. The summed E-state index contributed by atoms with van der Waals surface area (Å²) < 4.78 is 51.6. The molecule has 0 aromatic carbocycles. The third kappa shape index (κ3) is 2.85. The van der Waals surface area contributed by atoms with E-state index in [0.29, 0.717) is 11.2 Å². The Hall–Kier alpha value is -2.44. The molecular formula is C20H23F3N4O5. The highest BCUT2D eigenvalue weighted by Gasteiger charge is 2.80. The fraction of sp³-hybridized carbons (Fsp3) is 0.650. The first-order valence-electron chi connectivity index (χ1n) is 10.3. The molecule has 0 spiro atoms. The van der Waals surface area contributed by atoms with E-state index in [1.165, 1.54) is 10.8 Å². The summed E-state index contributed by atoms with van der Waals surface area (Å²) in [5.41, 5.74) is 2.75. The average Bonchev–Trinajstić information content (AvgIpc) is 3.18. The fourth-order valence-corrected chi connectivity index (χ4v) is 5.41. The second kappa shape index (κ2) is 6.55. The first kappa shape index (κ1) is 21.4. The summed E-state index contributed by atoms with van der Waals surface area (Å²) in [6, 6.07) is 3.33. The van der Waals surface area contributed by atoms with Gasteiger partial charge in [-0.2, -0.15) is 18.3 Å². The Kier molecular flexibility index (Phi) is 4.38. The monoisotopic (exact) mass is 456 g/mol. The number of anilines is 1. The lowest BCUT2D eigenvalue weighted by molar-refractivity contribution is -0.382. The van der Waals surface area contributed by atoms with Crippen molar-refractivity contribution >= 4 is 17.3 Å². The summed E-state index contributed by atoms with van der Waals surface area (Å²) in [5, 5.41) is 25.4. The van der Waals surface area contributed by atoms with E-state index in [0.717, 1.165) is 0 Å². The highest BCUT2D eigenvalue weighted by molar-refractivity contribution is 5.70. The largest absolute Gasteiger partial charge is 0.459 e. The highest BCUT2D eigenvalue weighted by atomic mass is 19.4. The lowest BCUT2D eigenvalue weighted by atomic mass is 9.40. The molecule has 174 valence electrons. The van der Waals surface area contributed by atoms with Gasteiger partial charge in [-0.05, 0) is 25.5 Å². The molecule has 1 aliphatic heterocycles. The van der Waals surface area contributed by atoms with Crippen LogP contribution in [0.2, 0.25) is 0 Å². The van der Waals surface area contributed by atoms with Crippen LogP contribution in [-0.2, 0) is 19.9 Å². The Bertz CT molecular complexity index is 1070. The first-order valence-corrected chi connectivity index (χ1v) is 10.3. The number of nitrogens with zero attached hydrogens (tertiary/aromatic N) is 3. The molecule has 0 radical (unpaired) electrons. The number of halogens is 3. The summed E-state index contributed by atoms with van der Waals surface area (Å²) >= 11 is 0. The second-order valence-corrected chi connectivity index (χ2v) is 9.36. The molecule has 4 atom stereocenters. The van der Waals surface area contributed by atoms with Gasteiger partial charge in [0.15, 0.2) is 5.82 Å². The van der Waals surface area contributed by atoms with Crippen LogP contribution < -0.4 is 5.73 Å². The molecule has 9 nitrogen and oxygen atoms in total. The smallest absolute Gasteiger partial charge is 0.394 e. The van der Waals surface area contributed by atoms with E-state index in [9.17, 15) is 28.2 Å². The van der Waals surface area contributed by atoms with Crippen LogP contribution in [0.1, 0.15) is 44.7 Å². The van der Waals surface area contributed by atoms with Crippen LogP contribution in [0, 0.1) is 5.41 Å². The van der Waals surface area contributed by atoms with Crippen LogP contribution in [0.5, 0.6) is 0 Å². The zero-order valence-electron chi connectivity index (χ0n) is 17.2. The highest BCUT2D eigenvalue weighted by Crippen LogP contribution is 2.74. The molecule has 4 N–H and O–H groups in total. The van der Waals surface area contributed by atoms with Crippen molar-refractivity contribution in [3.05, 3.63) is 24.2 Å². The van der Waals surface area contributed by atoms with Crippen LogP contribution >= 0.6 is 0 Å². The quantitative estimate of drug-likeness (QED) is 0.576. The van der Waals surface area contributed by atoms with E-state index in [1.54, 1.807) is 19.1 Å². The molecule has 3 heterocycles. The van der Waals surface area contributed by atoms with Gasteiger partial charge in [-0.25, -0.2) is 9.50 Å². The third-order valence-corrected chi connectivity index (χ3v) is 7.20. The standard InChI is InChI=1S/C20H23F3N4O5/c1-17(12-4-2-10-16(24)25-9-26-27(10)12)15(30)14(29)11(31-17)3-5-13(28)32-19-6-18(7-19,8-19)20(21,22)23/h2,4,9,11,14-15,29-30H,3,5-8H2,1H3,(H2,24,25,26)/t11-,14-,15-,17+,18?,19?/m1/s1. The molecule has 0 unspecified atom stereocenters. The van der Waals surface area contributed by atoms with E-state index in [2.05, 4.69) is 10.1 Å². The van der Waals surface area contributed by atoms with E-state index in [1.807, 2.05) is 0 Å². The summed E-state index contributed by atoms with van der Waals surface area (Å²) in [4.78, 5) is 16.1. The van der Waals surface area contributed by atoms with Crippen LogP contribution in [0.25, 0.3) is 5.52 Å². The van der Waals surface area contributed by atoms with Gasteiger partial charge in [0.05, 0.1) is 17.2 Å². The molecule has 2 aromatic rings. The minimum Gasteiger partial charge on any atom is -0.459 e. The van der Waals surface area contributed by atoms with Crippen molar-refractivity contribution in [3.63, 3.8) is 0 Å². The number of nitrogens with two attached hydrogens (primary N) is 1. The number of hydrogen-bond acceptors (Lipinski definition) is 8. The minimum absolute atomic E-state index is 0.0353. The molecule has 2 aromatic heterocycles. The van der Waals surface area contributed by atoms with Crippen LogP contribution in [0.15, 0.2) is 18.5 Å². The maximum absolute atomic E-state index is 12.9. The van der Waals surface area contributed by atoms with Gasteiger partial charge in [-0.1, -0.05) is 0 Å². The Morgan fingerprint density at radius 2 is 2.03 bits per heavy atom. The lowest BCUT2D eigenvalue weighted by Crippen LogP contribution is -2.73. The van der Waals surface area contributed by atoms with E-state index in [-0.39, 0.29) is 37.9 Å². The van der Waals surface area contributed by atoms with Gasteiger partial charge in [0.1, 0.15) is 35.3 Å². The first-order chi connectivity index (χ1) is 14.9. The predicted molar refractivity (Wildman–Crippen MR) is 102 cm³/mol. The molecule has 3 aliphatic carbocycles. The molecule has 2 bridgehead atoms. The number of aliphatic hydroxyl groups excluding tert-OH is 2. The van der Waals surface area contributed by atoms with Gasteiger partial charge in [0, 0.05) is 25.7 Å². The number of aliphatic hydroxyl groups is 2. The molecule has 4 aliphatic rings. The van der Waals surface area contributed by atoms with E-state index < -0.39 is 47.1 Å². The van der Waals surface area contributed by atoms with Gasteiger partial charge < -0.3 is 25.4 Å². The Balaban J connectivity index is 1.23. The third-order valence-electron chi connectivity index (χ3n) is 7.20. The number of aromatic nitrogens is 3. The molecule has 0 amide bonds. The molecule has 3 saturated carbocycles. The number of rotatable bonds is 5. The van der Waals surface area contributed by atoms with Gasteiger partial charge in [-0.3, -0.25) is 4.79 Å². The maximum Gasteiger partial charge on any atom is 0.394 e. The van der Waals surface area contributed by atoms with Crippen molar-refractivity contribution in [2.75, 3.05) is 5.73 Å². The lowest BCUT2D eigenvalue weighted by Gasteiger charge is -2.68. The number of nitrogen functional groups attached to an aromatic ring is 1. The van der Waals surface area contributed by atoms with Crippen molar-refractivity contribution in [2.24, 2.45) is 5.41 Å². The molecule has 12 heteroatoms. The molecule has 6 rings (SSSR count). The Morgan fingerprint density at radius 3 is 2.69 bits per heavy atom. The van der Waals surface area contributed by atoms with Crippen molar-refractivity contribution in [3.8, 4) is 0 Å². The summed E-state index contributed by atoms with van der Waals surface area (Å²) in [6.45, 7) is 1.59. The van der Waals surface area contributed by atoms with Crippen molar-refractivity contribution in [1.29, 1.82) is 0 Å². The average molecular weight is 456 g/mol. The van der Waals surface area contributed by atoms with Crippen molar-refractivity contribution in [2.45, 2.75) is 74.7 Å². The van der Waals surface area contributed by atoms with E-state index >= 15 is 0 Å². The van der Waals surface area contributed by atoms with Crippen LogP contribution in [0.4, 0.5) is 19.0 Å². The SMILES string of the molecule is C[C@@]1(c2ccc3c(N)ncnn23)O[C@H](CCC(=O)OC23CC(C(F)(F)F)(C2)C3)[C@@H](O)[C@H]1O. The normalized spacial score (nSPS) is 38.4. The molecule has 32 heavy (non-hydrogen) atoms. The number of hydrogen-bond donors (Lipinski definition) is 3. The van der Waals surface area contributed by atoms with Crippen LogP contribution in [-0.4, -0.2) is 60.9 Å². The second-order valence-electron chi connectivity index (χ2n) is 9.36. The van der Waals surface area contributed by atoms with Crippen molar-refractivity contribution < 1.29 is 37.7 Å². The van der Waals surface area contributed by atoms with Gasteiger partial charge >= 0.3 is 12.1 Å². The molecule has 4 fully saturated rings. The number of ether oxygens (including phenoxy) is 2. The van der Waals surface area contributed by atoms with Crippen LogP contribution in [0.3, 0.4) is 0 Å². The summed E-state index contributed by atoms with van der Waals surface area (Å²) in [5.74, 6) is -0.406. The molecular weight excluding hydrogens is 433 g/mol. The number of esters is 1. The van der Waals surface area contributed by atoms with Gasteiger partial charge in [0.2, 0.25) is 0 Å².